The maximum atomic E-state index is 12.5. The van der Waals surface area contributed by atoms with E-state index in [1.54, 1.807) is 11.0 Å². The number of rotatable bonds is 6. The van der Waals surface area contributed by atoms with Gasteiger partial charge < -0.3 is 15.0 Å². The number of nitrogens with one attached hydrogen (secondary N) is 1. The summed E-state index contributed by atoms with van der Waals surface area (Å²) in [6.07, 6.45) is 1.57. The second kappa shape index (κ2) is 7.97. The summed E-state index contributed by atoms with van der Waals surface area (Å²) in [5.41, 5.74) is 0. The van der Waals surface area contributed by atoms with Crippen LogP contribution in [0.15, 0.2) is 47.8 Å². The molecular weight excluding hydrogens is 324 g/mol. The number of ether oxygens (including phenoxy) is 1. The minimum atomic E-state index is -0.378. The summed E-state index contributed by atoms with van der Waals surface area (Å²) < 4.78 is 5.56. The molecule has 1 aliphatic heterocycles. The number of hydrogen-bond donors (Lipinski definition) is 1. The third kappa shape index (κ3) is 3.94. The van der Waals surface area contributed by atoms with Gasteiger partial charge in [0.1, 0.15) is 18.4 Å². The number of benzene rings is 1. The molecule has 0 radical (unpaired) electrons. The van der Waals surface area contributed by atoms with Gasteiger partial charge in [0.25, 0.3) is 5.91 Å². The molecule has 0 unspecified atom stereocenters. The van der Waals surface area contributed by atoms with Crippen LogP contribution in [0.25, 0.3) is 0 Å². The second-order valence-corrected chi connectivity index (χ2v) is 6.53. The summed E-state index contributed by atoms with van der Waals surface area (Å²) >= 11 is 1.41. The Morgan fingerprint density at radius 1 is 1.21 bits per heavy atom. The zero-order valence-corrected chi connectivity index (χ0v) is 14.1. The van der Waals surface area contributed by atoms with Gasteiger partial charge in [-0.25, -0.2) is 0 Å². The zero-order valence-electron chi connectivity index (χ0n) is 13.3. The van der Waals surface area contributed by atoms with E-state index >= 15 is 0 Å². The van der Waals surface area contributed by atoms with Gasteiger partial charge in [-0.1, -0.05) is 24.3 Å². The van der Waals surface area contributed by atoms with Crippen LogP contribution in [-0.2, 0) is 4.79 Å². The van der Waals surface area contributed by atoms with E-state index in [0.29, 0.717) is 31.0 Å². The summed E-state index contributed by atoms with van der Waals surface area (Å²) in [5, 5.41) is 4.74. The number of nitrogens with zero attached hydrogens (tertiary/aromatic N) is 1. The first kappa shape index (κ1) is 16.5. The predicted octanol–water partition coefficient (Wildman–Crippen LogP) is 2.55. The van der Waals surface area contributed by atoms with Crippen molar-refractivity contribution in [3.05, 3.63) is 52.7 Å². The van der Waals surface area contributed by atoms with Gasteiger partial charge in [0, 0.05) is 6.54 Å². The van der Waals surface area contributed by atoms with Gasteiger partial charge in [0.15, 0.2) is 0 Å². The molecule has 2 aromatic rings. The van der Waals surface area contributed by atoms with Crippen LogP contribution in [0.4, 0.5) is 0 Å². The van der Waals surface area contributed by atoms with Crippen LogP contribution in [0.3, 0.4) is 0 Å². The molecular formula is C18H20N2O3S. The maximum Gasteiger partial charge on any atom is 0.264 e. The van der Waals surface area contributed by atoms with Crippen LogP contribution in [0.2, 0.25) is 0 Å². The van der Waals surface area contributed by atoms with Gasteiger partial charge in [-0.3, -0.25) is 9.59 Å². The third-order valence-corrected chi connectivity index (χ3v) is 4.82. The molecule has 0 saturated carbocycles. The van der Waals surface area contributed by atoms with E-state index in [1.807, 2.05) is 41.8 Å². The van der Waals surface area contributed by atoms with E-state index in [9.17, 15) is 9.59 Å². The lowest BCUT2D eigenvalue weighted by Gasteiger charge is -2.23. The van der Waals surface area contributed by atoms with Crippen molar-refractivity contribution in [1.82, 2.24) is 10.2 Å². The number of likely N-dealkylation sites (tertiary alicyclic amines) is 1. The molecule has 1 fully saturated rings. The lowest BCUT2D eigenvalue weighted by molar-refractivity contribution is -0.124. The fraction of sp³-hybridized carbons (Fsp3) is 0.333. The molecule has 24 heavy (non-hydrogen) atoms. The number of hydrogen-bond acceptors (Lipinski definition) is 4. The molecule has 6 heteroatoms. The average molecular weight is 344 g/mol. The highest BCUT2D eigenvalue weighted by molar-refractivity contribution is 7.12. The fourth-order valence-electron chi connectivity index (χ4n) is 2.80. The van der Waals surface area contributed by atoms with Crippen molar-refractivity contribution in [2.45, 2.75) is 18.9 Å². The van der Waals surface area contributed by atoms with Crippen molar-refractivity contribution in [1.29, 1.82) is 0 Å². The fourth-order valence-corrected chi connectivity index (χ4v) is 3.48. The van der Waals surface area contributed by atoms with Crippen LogP contribution < -0.4 is 10.1 Å². The van der Waals surface area contributed by atoms with Gasteiger partial charge in [-0.2, -0.15) is 0 Å². The first-order valence-electron chi connectivity index (χ1n) is 8.06. The smallest absolute Gasteiger partial charge is 0.264 e. The molecule has 126 valence electrons. The van der Waals surface area contributed by atoms with Crippen LogP contribution in [0.5, 0.6) is 5.75 Å². The number of carbonyl (C=O) groups is 2. The molecule has 2 amide bonds. The van der Waals surface area contributed by atoms with E-state index in [0.717, 1.165) is 12.2 Å². The minimum Gasteiger partial charge on any atom is -0.492 e. The second-order valence-electron chi connectivity index (χ2n) is 5.59. The molecule has 1 aliphatic rings. The largest absolute Gasteiger partial charge is 0.492 e. The summed E-state index contributed by atoms with van der Waals surface area (Å²) in [6, 6.07) is 12.8. The highest BCUT2D eigenvalue weighted by Gasteiger charge is 2.34. The predicted molar refractivity (Wildman–Crippen MR) is 93.3 cm³/mol. The molecule has 1 atom stereocenters. The van der Waals surface area contributed by atoms with Gasteiger partial charge in [0.2, 0.25) is 5.91 Å². The molecule has 3 rings (SSSR count). The third-order valence-electron chi connectivity index (χ3n) is 3.96. The van der Waals surface area contributed by atoms with E-state index < -0.39 is 0 Å². The standard InChI is InChI=1S/C18H20N2O3S/c21-17(19-10-12-23-14-6-2-1-3-7-14)15-8-4-11-20(15)18(22)16-9-5-13-24-16/h1-3,5-7,9,13,15H,4,8,10-12H2,(H,19,21)/t15-/m0/s1. The summed E-state index contributed by atoms with van der Waals surface area (Å²) in [5.74, 6) is 0.624. The van der Waals surface area contributed by atoms with Crippen molar-refractivity contribution in [2.24, 2.45) is 0 Å². The zero-order chi connectivity index (χ0) is 16.8. The molecule has 1 aromatic carbocycles. The molecule has 1 N–H and O–H groups in total. The quantitative estimate of drug-likeness (QED) is 0.820. The van der Waals surface area contributed by atoms with Crippen LogP contribution >= 0.6 is 11.3 Å². The lowest BCUT2D eigenvalue weighted by Crippen LogP contribution is -2.46. The molecule has 1 aromatic heterocycles. The number of amides is 2. The SMILES string of the molecule is O=C(NCCOc1ccccc1)[C@@H]1CCCN1C(=O)c1cccs1. The summed E-state index contributed by atoms with van der Waals surface area (Å²) in [4.78, 5) is 27.2. The molecule has 0 bridgehead atoms. The number of carbonyl (C=O) groups excluding carboxylic acids is 2. The van der Waals surface area contributed by atoms with Crippen molar-refractivity contribution >= 4 is 23.2 Å². The van der Waals surface area contributed by atoms with Crippen molar-refractivity contribution in [2.75, 3.05) is 19.7 Å². The van der Waals surface area contributed by atoms with Crippen LogP contribution in [0.1, 0.15) is 22.5 Å². The van der Waals surface area contributed by atoms with Crippen molar-refractivity contribution in [3.63, 3.8) is 0 Å². The molecule has 0 aliphatic carbocycles. The Labute approximate surface area is 145 Å². The van der Waals surface area contributed by atoms with E-state index in [2.05, 4.69) is 5.32 Å². The van der Waals surface area contributed by atoms with E-state index in [1.165, 1.54) is 11.3 Å². The Kier molecular flexibility index (Phi) is 5.48. The Morgan fingerprint density at radius 3 is 2.79 bits per heavy atom. The highest BCUT2D eigenvalue weighted by atomic mass is 32.1. The van der Waals surface area contributed by atoms with Gasteiger partial charge in [0.05, 0.1) is 11.4 Å². The lowest BCUT2D eigenvalue weighted by atomic mass is 10.2. The Hall–Kier alpha value is -2.34. The molecule has 5 nitrogen and oxygen atoms in total. The molecule has 2 heterocycles. The van der Waals surface area contributed by atoms with Gasteiger partial charge >= 0.3 is 0 Å². The number of para-hydroxylation sites is 1. The average Bonchev–Trinajstić information content (AvgIpc) is 3.30. The minimum absolute atomic E-state index is 0.0526. The van der Waals surface area contributed by atoms with Crippen molar-refractivity contribution < 1.29 is 14.3 Å². The summed E-state index contributed by atoms with van der Waals surface area (Å²) in [7, 11) is 0. The Bertz CT molecular complexity index is 673. The topological polar surface area (TPSA) is 58.6 Å². The molecule has 0 spiro atoms. The Morgan fingerprint density at radius 2 is 2.04 bits per heavy atom. The monoisotopic (exact) mass is 344 g/mol. The van der Waals surface area contributed by atoms with Crippen LogP contribution in [-0.4, -0.2) is 42.5 Å². The first-order chi connectivity index (χ1) is 11.8. The van der Waals surface area contributed by atoms with Gasteiger partial charge in [-0.05, 0) is 36.4 Å². The normalized spacial score (nSPS) is 16.8. The van der Waals surface area contributed by atoms with Crippen molar-refractivity contribution in [3.8, 4) is 5.75 Å². The maximum absolute atomic E-state index is 12.5. The van der Waals surface area contributed by atoms with Gasteiger partial charge in [-0.15, -0.1) is 11.3 Å². The summed E-state index contributed by atoms with van der Waals surface area (Å²) in [6.45, 7) is 1.46. The van der Waals surface area contributed by atoms with E-state index in [-0.39, 0.29) is 17.9 Å². The number of thiophene rings is 1. The molecule has 1 saturated heterocycles. The Balaban J connectivity index is 1.48. The highest BCUT2D eigenvalue weighted by Crippen LogP contribution is 2.22. The van der Waals surface area contributed by atoms with Crippen LogP contribution in [0, 0.1) is 0 Å². The van der Waals surface area contributed by atoms with E-state index in [4.69, 9.17) is 4.74 Å². The first-order valence-corrected chi connectivity index (χ1v) is 8.94.